The number of nitrogens with zero attached hydrogens (tertiary/aromatic N) is 1. The van der Waals surface area contributed by atoms with Gasteiger partial charge in [0.25, 0.3) is 0 Å². The maximum Gasteiger partial charge on any atom is 0.0192 e. The van der Waals surface area contributed by atoms with Gasteiger partial charge in [-0.05, 0) is 26.8 Å². The molecule has 84 valence electrons. The number of hydrogen-bond donors (Lipinski definition) is 1. The van der Waals surface area contributed by atoms with Crippen molar-refractivity contribution >= 4 is 0 Å². The minimum Gasteiger partial charge on any atom is -0.312 e. The Morgan fingerprint density at radius 1 is 1.29 bits per heavy atom. The Kier molecular flexibility index (Phi) is 6.85. The van der Waals surface area contributed by atoms with Gasteiger partial charge in [0.1, 0.15) is 0 Å². The Balaban J connectivity index is 3.85. The predicted molar refractivity (Wildman–Crippen MR) is 64.6 cm³/mol. The second-order valence-electron chi connectivity index (χ2n) is 4.45. The van der Waals surface area contributed by atoms with Crippen LogP contribution in [0.5, 0.6) is 0 Å². The lowest BCUT2D eigenvalue weighted by Gasteiger charge is -2.33. The van der Waals surface area contributed by atoms with Crippen LogP contribution in [0.2, 0.25) is 0 Å². The van der Waals surface area contributed by atoms with Crippen LogP contribution in [0.3, 0.4) is 0 Å². The lowest BCUT2D eigenvalue weighted by atomic mass is 10.0. The van der Waals surface area contributed by atoms with Crippen LogP contribution in [0.4, 0.5) is 0 Å². The minimum absolute atomic E-state index is 0.576. The van der Waals surface area contributed by atoms with Crippen LogP contribution in [0.25, 0.3) is 0 Å². The molecule has 0 spiro atoms. The lowest BCUT2D eigenvalue weighted by molar-refractivity contribution is 0.156. The first-order chi connectivity index (χ1) is 6.50. The Morgan fingerprint density at radius 2 is 1.86 bits per heavy atom. The molecule has 1 N–H and O–H groups in total. The average molecular weight is 198 g/mol. The molecule has 0 aromatic rings. The highest BCUT2D eigenvalue weighted by molar-refractivity contribution is 4.76. The van der Waals surface area contributed by atoms with Crippen molar-refractivity contribution in [2.75, 3.05) is 20.1 Å². The van der Waals surface area contributed by atoms with Gasteiger partial charge >= 0.3 is 0 Å². The van der Waals surface area contributed by atoms with E-state index in [1.54, 1.807) is 0 Å². The summed E-state index contributed by atoms with van der Waals surface area (Å²) in [6, 6.07) is 1.21. The Hall–Kier alpha value is -0.340. The van der Waals surface area contributed by atoms with Crippen LogP contribution in [0, 0.1) is 5.92 Å². The van der Waals surface area contributed by atoms with E-state index in [1.807, 2.05) is 6.08 Å². The SMILES string of the molecule is C=CCNCC(C)N(C)C(C)C(C)C. The van der Waals surface area contributed by atoms with Gasteiger partial charge in [-0.2, -0.15) is 0 Å². The summed E-state index contributed by atoms with van der Waals surface area (Å²) in [4.78, 5) is 2.43. The molecular formula is C12H26N2. The van der Waals surface area contributed by atoms with Crippen molar-refractivity contribution in [1.29, 1.82) is 0 Å². The molecule has 0 saturated heterocycles. The van der Waals surface area contributed by atoms with Crippen LogP contribution in [-0.4, -0.2) is 37.1 Å². The molecule has 0 aromatic carbocycles. The molecule has 0 heterocycles. The summed E-state index contributed by atoms with van der Waals surface area (Å²) < 4.78 is 0. The number of rotatable bonds is 7. The van der Waals surface area contributed by atoms with Crippen molar-refractivity contribution in [2.45, 2.75) is 39.8 Å². The molecule has 2 atom stereocenters. The average Bonchev–Trinajstić information content (AvgIpc) is 2.15. The molecule has 2 nitrogen and oxygen atoms in total. The molecule has 0 fully saturated rings. The van der Waals surface area contributed by atoms with Gasteiger partial charge < -0.3 is 5.32 Å². The van der Waals surface area contributed by atoms with Crippen molar-refractivity contribution < 1.29 is 0 Å². The first-order valence-electron chi connectivity index (χ1n) is 5.54. The fourth-order valence-electron chi connectivity index (χ4n) is 1.41. The highest BCUT2D eigenvalue weighted by Gasteiger charge is 2.17. The number of hydrogen-bond acceptors (Lipinski definition) is 2. The molecule has 14 heavy (non-hydrogen) atoms. The molecule has 0 saturated carbocycles. The third kappa shape index (κ3) is 4.77. The molecule has 2 heteroatoms. The zero-order chi connectivity index (χ0) is 11.1. The summed E-state index contributed by atoms with van der Waals surface area (Å²) in [6.07, 6.45) is 1.90. The normalized spacial score (nSPS) is 15.9. The molecular weight excluding hydrogens is 172 g/mol. The van der Waals surface area contributed by atoms with Gasteiger partial charge in [0.05, 0.1) is 0 Å². The Bertz CT molecular complexity index is 154. The monoisotopic (exact) mass is 198 g/mol. The predicted octanol–water partition coefficient (Wildman–Crippen LogP) is 2.13. The highest BCUT2D eigenvalue weighted by atomic mass is 15.2. The van der Waals surface area contributed by atoms with Gasteiger partial charge in [-0.25, -0.2) is 0 Å². The third-order valence-corrected chi connectivity index (χ3v) is 3.03. The van der Waals surface area contributed by atoms with Crippen LogP contribution in [0.15, 0.2) is 12.7 Å². The van der Waals surface area contributed by atoms with E-state index in [1.165, 1.54) is 0 Å². The molecule has 0 aromatic heterocycles. The zero-order valence-electron chi connectivity index (χ0n) is 10.4. The van der Waals surface area contributed by atoms with Crippen LogP contribution < -0.4 is 5.32 Å². The van der Waals surface area contributed by atoms with Crippen LogP contribution in [-0.2, 0) is 0 Å². The van der Waals surface area contributed by atoms with Crippen molar-refractivity contribution in [3.8, 4) is 0 Å². The topological polar surface area (TPSA) is 15.3 Å². The molecule has 0 rings (SSSR count). The van der Waals surface area contributed by atoms with Crippen molar-refractivity contribution in [3.63, 3.8) is 0 Å². The summed E-state index contributed by atoms with van der Waals surface area (Å²) in [5.41, 5.74) is 0. The third-order valence-electron chi connectivity index (χ3n) is 3.03. The Labute approximate surface area is 89.4 Å². The molecule has 0 aliphatic rings. The lowest BCUT2D eigenvalue weighted by Crippen LogP contribution is -2.44. The van der Waals surface area contributed by atoms with Crippen molar-refractivity contribution in [2.24, 2.45) is 5.92 Å². The smallest absolute Gasteiger partial charge is 0.0192 e. The summed E-state index contributed by atoms with van der Waals surface area (Å²) in [5.74, 6) is 0.710. The summed E-state index contributed by atoms with van der Waals surface area (Å²) in [5, 5.41) is 3.35. The van der Waals surface area contributed by atoms with Gasteiger partial charge in [-0.15, -0.1) is 6.58 Å². The summed E-state index contributed by atoms with van der Waals surface area (Å²) >= 11 is 0. The van der Waals surface area contributed by atoms with Crippen LogP contribution in [0.1, 0.15) is 27.7 Å². The second-order valence-corrected chi connectivity index (χ2v) is 4.45. The van der Waals surface area contributed by atoms with E-state index in [0.717, 1.165) is 13.1 Å². The zero-order valence-corrected chi connectivity index (χ0v) is 10.4. The van der Waals surface area contributed by atoms with Gasteiger partial charge in [0.15, 0.2) is 0 Å². The maximum absolute atomic E-state index is 3.69. The molecule has 2 unspecified atom stereocenters. The van der Waals surface area contributed by atoms with Gasteiger partial charge in [-0.1, -0.05) is 19.9 Å². The van der Waals surface area contributed by atoms with Crippen molar-refractivity contribution in [3.05, 3.63) is 12.7 Å². The largest absolute Gasteiger partial charge is 0.312 e. The molecule has 0 amide bonds. The minimum atomic E-state index is 0.576. The van der Waals surface area contributed by atoms with Gasteiger partial charge in [-0.3, -0.25) is 4.90 Å². The van der Waals surface area contributed by atoms with Crippen molar-refractivity contribution in [1.82, 2.24) is 10.2 Å². The van der Waals surface area contributed by atoms with Crippen LogP contribution >= 0.6 is 0 Å². The molecule has 0 radical (unpaired) electrons. The van der Waals surface area contributed by atoms with E-state index in [2.05, 4.69) is 51.5 Å². The fraction of sp³-hybridized carbons (Fsp3) is 0.833. The fourth-order valence-corrected chi connectivity index (χ4v) is 1.41. The first-order valence-corrected chi connectivity index (χ1v) is 5.54. The quantitative estimate of drug-likeness (QED) is 0.498. The molecule has 0 aliphatic heterocycles. The van der Waals surface area contributed by atoms with Gasteiger partial charge in [0.2, 0.25) is 0 Å². The van der Waals surface area contributed by atoms with E-state index < -0.39 is 0 Å². The van der Waals surface area contributed by atoms with Gasteiger partial charge in [0, 0.05) is 25.2 Å². The molecule has 0 aliphatic carbocycles. The first kappa shape index (κ1) is 13.7. The van der Waals surface area contributed by atoms with E-state index in [4.69, 9.17) is 0 Å². The second kappa shape index (κ2) is 7.02. The van der Waals surface area contributed by atoms with E-state index in [9.17, 15) is 0 Å². The number of likely N-dealkylation sites (N-methyl/N-ethyl adjacent to an activating group) is 1. The summed E-state index contributed by atoms with van der Waals surface area (Å²) in [6.45, 7) is 14.7. The summed E-state index contributed by atoms with van der Waals surface area (Å²) in [7, 11) is 2.20. The van der Waals surface area contributed by atoms with E-state index >= 15 is 0 Å². The van der Waals surface area contributed by atoms with E-state index in [0.29, 0.717) is 18.0 Å². The number of nitrogens with one attached hydrogen (secondary N) is 1. The standard InChI is InChI=1S/C12H26N2/c1-7-8-13-9-11(4)14(6)12(5)10(2)3/h7,10-13H,1,8-9H2,2-6H3. The Morgan fingerprint density at radius 3 is 2.29 bits per heavy atom. The highest BCUT2D eigenvalue weighted by Crippen LogP contribution is 2.10. The van der Waals surface area contributed by atoms with E-state index in [-0.39, 0.29) is 0 Å². The molecule has 0 bridgehead atoms. The maximum atomic E-state index is 3.69.